The van der Waals surface area contributed by atoms with Gasteiger partial charge in [-0.3, -0.25) is 4.90 Å². The van der Waals surface area contributed by atoms with Gasteiger partial charge in [0, 0.05) is 18.3 Å². The van der Waals surface area contributed by atoms with Crippen LogP contribution < -0.4 is 0 Å². The molecule has 0 radical (unpaired) electrons. The van der Waals surface area contributed by atoms with Crippen LogP contribution in [0.5, 0.6) is 0 Å². The number of hydrogen-bond acceptors (Lipinski definition) is 4. The summed E-state index contributed by atoms with van der Waals surface area (Å²) in [5.41, 5.74) is 1.10. The van der Waals surface area contributed by atoms with Crippen LogP contribution in [0.2, 0.25) is 0 Å². The molecule has 2 aliphatic rings. The van der Waals surface area contributed by atoms with E-state index in [2.05, 4.69) is 37.7 Å². The maximum atomic E-state index is 5.98. The summed E-state index contributed by atoms with van der Waals surface area (Å²) in [6.45, 7) is 5.02. The molecule has 104 valence electrons. The summed E-state index contributed by atoms with van der Waals surface area (Å²) in [6, 6.07) is 0.611. The van der Waals surface area contributed by atoms with Crippen LogP contribution in [0.1, 0.15) is 37.4 Å². The molecule has 0 bridgehead atoms. The lowest BCUT2D eigenvalue weighted by Crippen LogP contribution is -2.42. The molecule has 0 spiro atoms. The molecule has 19 heavy (non-hydrogen) atoms. The van der Waals surface area contributed by atoms with Gasteiger partial charge in [0.05, 0.1) is 11.1 Å². The van der Waals surface area contributed by atoms with Gasteiger partial charge in [0.2, 0.25) is 0 Å². The minimum atomic E-state index is 0.0226. The van der Waals surface area contributed by atoms with Crippen molar-refractivity contribution in [1.82, 2.24) is 14.9 Å². The highest BCUT2D eigenvalue weighted by atomic mass is 79.9. The van der Waals surface area contributed by atoms with E-state index >= 15 is 0 Å². The topological polar surface area (TPSA) is 41.2 Å². The minimum Gasteiger partial charge on any atom is -0.367 e. The molecule has 2 unspecified atom stereocenters. The summed E-state index contributed by atoms with van der Waals surface area (Å²) in [5.74, 6) is 0.871. The van der Waals surface area contributed by atoms with Gasteiger partial charge < -0.3 is 9.72 Å². The van der Waals surface area contributed by atoms with Gasteiger partial charge in [-0.15, -0.1) is 0 Å². The van der Waals surface area contributed by atoms with Crippen molar-refractivity contribution in [3.8, 4) is 0 Å². The van der Waals surface area contributed by atoms with Crippen molar-refractivity contribution in [2.24, 2.45) is 0 Å². The highest BCUT2D eigenvalue weighted by molar-refractivity contribution is 9.10. The summed E-state index contributed by atoms with van der Waals surface area (Å²) < 4.78 is 7.50. The first-order chi connectivity index (χ1) is 9.19. The lowest BCUT2D eigenvalue weighted by molar-refractivity contribution is -0.0542. The molecule has 2 saturated heterocycles. The van der Waals surface area contributed by atoms with E-state index in [9.17, 15) is 0 Å². The molecule has 0 saturated carbocycles. The number of nitrogens with zero attached hydrogens (tertiary/aromatic N) is 2. The highest BCUT2D eigenvalue weighted by Gasteiger charge is 2.33. The second-order valence-corrected chi connectivity index (χ2v) is 6.37. The summed E-state index contributed by atoms with van der Waals surface area (Å²) in [6.07, 6.45) is 3.47. The second-order valence-electron chi connectivity index (χ2n) is 5.19. The lowest BCUT2D eigenvalue weighted by Gasteiger charge is -2.34. The van der Waals surface area contributed by atoms with Crippen LogP contribution in [0, 0.1) is 4.64 Å². The van der Waals surface area contributed by atoms with Crippen molar-refractivity contribution >= 4 is 28.1 Å². The van der Waals surface area contributed by atoms with Crippen molar-refractivity contribution < 1.29 is 4.74 Å². The maximum absolute atomic E-state index is 5.98. The fourth-order valence-corrected chi connectivity index (χ4v) is 3.59. The number of rotatable bonds is 2. The van der Waals surface area contributed by atoms with Crippen LogP contribution in [0.15, 0.2) is 4.47 Å². The number of hydrogen-bond donors (Lipinski definition) is 1. The van der Waals surface area contributed by atoms with Crippen LogP contribution in [0.25, 0.3) is 0 Å². The van der Waals surface area contributed by atoms with Crippen LogP contribution in [0.4, 0.5) is 0 Å². The zero-order valence-corrected chi connectivity index (χ0v) is 13.4. The van der Waals surface area contributed by atoms with Crippen LogP contribution in [-0.2, 0) is 11.2 Å². The minimum absolute atomic E-state index is 0.0226. The van der Waals surface area contributed by atoms with E-state index < -0.39 is 0 Å². The fourth-order valence-electron chi connectivity index (χ4n) is 2.90. The largest absolute Gasteiger partial charge is 0.367 e. The van der Waals surface area contributed by atoms with E-state index in [1.807, 2.05) is 0 Å². The Morgan fingerprint density at radius 2 is 2.42 bits per heavy atom. The maximum Gasteiger partial charge on any atom is 0.144 e. The van der Waals surface area contributed by atoms with Gasteiger partial charge >= 0.3 is 0 Å². The molecular formula is C13H18BrN3OS. The standard InChI is InChI=1S/C13H18BrN3OS/c1-2-9-11(14)13(19)16-12(15-9)10-6-17-5-3-4-8(17)7-18-10/h8,10H,2-7H2,1H3,(H,15,16,19). The second kappa shape index (κ2) is 5.60. The predicted molar refractivity (Wildman–Crippen MR) is 79.8 cm³/mol. The summed E-state index contributed by atoms with van der Waals surface area (Å²) in [5, 5.41) is 0. The Morgan fingerprint density at radius 1 is 1.58 bits per heavy atom. The van der Waals surface area contributed by atoms with E-state index in [1.165, 1.54) is 19.4 Å². The van der Waals surface area contributed by atoms with Gasteiger partial charge in [0.25, 0.3) is 0 Å². The first-order valence-electron chi connectivity index (χ1n) is 6.83. The zero-order valence-electron chi connectivity index (χ0n) is 11.0. The number of halogens is 1. The fraction of sp³-hybridized carbons (Fsp3) is 0.692. The smallest absolute Gasteiger partial charge is 0.144 e. The molecule has 6 heteroatoms. The predicted octanol–water partition coefficient (Wildman–Crippen LogP) is 3.00. The molecule has 3 heterocycles. The average Bonchev–Trinajstić information content (AvgIpc) is 2.89. The molecule has 0 aliphatic carbocycles. The third kappa shape index (κ3) is 2.63. The Labute approximate surface area is 126 Å². The Hall–Kier alpha value is -0.300. The lowest BCUT2D eigenvalue weighted by atomic mass is 10.2. The van der Waals surface area contributed by atoms with Crippen molar-refractivity contribution in [2.75, 3.05) is 19.7 Å². The first-order valence-corrected chi connectivity index (χ1v) is 8.03. The van der Waals surface area contributed by atoms with Crippen molar-refractivity contribution in [3.63, 3.8) is 0 Å². The van der Waals surface area contributed by atoms with Gasteiger partial charge in [-0.2, -0.15) is 0 Å². The summed E-state index contributed by atoms with van der Waals surface area (Å²) in [4.78, 5) is 10.4. The molecule has 2 atom stereocenters. The monoisotopic (exact) mass is 343 g/mol. The number of nitrogens with one attached hydrogen (secondary N) is 1. The van der Waals surface area contributed by atoms with E-state index in [0.29, 0.717) is 10.7 Å². The molecule has 2 aliphatic heterocycles. The van der Waals surface area contributed by atoms with E-state index in [-0.39, 0.29) is 6.10 Å². The third-order valence-corrected chi connectivity index (χ3v) is 5.41. The number of fused-ring (bicyclic) bond motifs is 1. The van der Waals surface area contributed by atoms with Crippen molar-refractivity contribution in [1.29, 1.82) is 0 Å². The average molecular weight is 344 g/mol. The van der Waals surface area contributed by atoms with Crippen LogP contribution in [0.3, 0.4) is 0 Å². The number of aromatic amines is 1. The first kappa shape index (κ1) is 13.7. The van der Waals surface area contributed by atoms with Gasteiger partial charge in [-0.05, 0) is 41.7 Å². The van der Waals surface area contributed by atoms with E-state index in [0.717, 1.165) is 35.6 Å². The Kier molecular flexibility index (Phi) is 4.03. The van der Waals surface area contributed by atoms with Gasteiger partial charge in [0.15, 0.2) is 0 Å². The molecule has 4 nitrogen and oxygen atoms in total. The molecule has 3 rings (SSSR count). The molecule has 0 aromatic carbocycles. The number of ether oxygens (including phenoxy) is 1. The number of aromatic nitrogens is 2. The van der Waals surface area contributed by atoms with Gasteiger partial charge in [-0.1, -0.05) is 19.1 Å². The van der Waals surface area contributed by atoms with Gasteiger partial charge in [-0.25, -0.2) is 4.98 Å². The number of aryl methyl sites for hydroxylation is 1. The number of H-pyrrole nitrogens is 1. The summed E-state index contributed by atoms with van der Waals surface area (Å²) >= 11 is 8.80. The molecular weight excluding hydrogens is 326 g/mol. The highest BCUT2D eigenvalue weighted by Crippen LogP contribution is 2.29. The molecule has 0 amide bonds. The molecule has 1 N–H and O–H groups in total. The Balaban J connectivity index is 1.86. The third-order valence-electron chi connectivity index (χ3n) is 4.00. The Bertz CT molecular complexity index is 533. The summed E-state index contributed by atoms with van der Waals surface area (Å²) in [7, 11) is 0. The van der Waals surface area contributed by atoms with E-state index in [4.69, 9.17) is 17.0 Å². The SMILES string of the molecule is CCc1[nH]c(C2CN3CCCC3CO2)nc(=S)c1Br. The number of morpholine rings is 1. The Morgan fingerprint density at radius 3 is 3.21 bits per heavy atom. The van der Waals surface area contributed by atoms with Gasteiger partial charge in [0.1, 0.15) is 16.6 Å². The quantitative estimate of drug-likeness (QED) is 0.838. The van der Waals surface area contributed by atoms with Crippen LogP contribution in [-0.4, -0.2) is 40.6 Å². The van der Waals surface area contributed by atoms with Crippen molar-refractivity contribution in [3.05, 3.63) is 20.6 Å². The van der Waals surface area contributed by atoms with E-state index in [1.54, 1.807) is 0 Å². The van der Waals surface area contributed by atoms with Crippen LogP contribution >= 0.6 is 28.1 Å². The molecule has 1 aromatic heterocycles. The molecule has 1 aromatic rings. The molecule has 2 fully saturated rings. The van der Waals surface area contributed by atoms with Crippen molar-refractivity contribution in [2.45, 2.75) is 38.3 Å². The zero-order chi connectivity index (χ0) is 13.4. The normalized spacial score (nSPS) is 27.5.